The molecule has 27 heavy (non-hydrogen) atoms. The van der Waals surface area contributed by atoms with Crippen LogP contribution in [-0.2, 0) is 9.53 Å². The van der Waals surface area contributed by atoms with E-state index in [4.69, 9.17) is 27.9 Å². The van der Waals surface area contributed by atoms with Gasteiger partial charge in [-0.3, -0.25) is 14.7 Å². The average Bonchev–Trinajstić information content (AvgIpc) is 2.70. The lowest BCUT2D eigenvalue weighted by atomic mass is 9.92. The fourth-order valence-corrected chi connectivity index (χ4v) is 3.58. The Balaban J connectivity index is 1.83. The summed E-state index contributed by atoms with van der Waals surface area (Å²) in [6.07, 6.45) is 3.02. The highest BCUT2D eigenvalue weighted by Gasteiger charge is 2.39. The summed E-state index contributed by atoms with van der Waals surface area (Å²) in [6, 6.07) is 18.3. The highest BCUT2D eigenvalue weighted by molar-refractivity contribution is 6.30. The number of ether oxygens (including phenoxy) is 1. The zero-order valence-electron chi connectivity index (χ0n) is 14.3. The quantitative estimate of drug-likeness (QED) is 0.606. The third-order valence-electron chi connectivity index (χ3n) is 4.55. The molecule has 2 aromatic carbocycles. The molecule has 2 heterocycles. The van der Waals surface area contributed by atoms with Crippen molar-refractivity contribution >= 4 is 34.8 Å². The normalized spacial score (nSPS) is 19.9. The number of hydrogen-bond acceptors (Lipinski definition) is 3. The minimum Gasteiger partial charge on any atom is -0.361 e. The van der Waals surface area contributed by atoms with Gasteiger partial charge in [-0.1, -0.05) is 47.5 Å². The molecule has 3 aromatic rings. The zero-order chi connectivity index (χ0) is 18.8. The molecule has 1 fully saturated rings. The van der Waals surface area contributed by atoms with Crippen molar-refractivity contribution in [2.75, 3.05) is 11.5 Å². The Morgan fingerprint density at radius 3 is 2.15 bits per heavy atom. The number of hydrogen-bond donors (Lipinski definition) is 0. The molecule has 0 unspecified atom stereocenters. The number of aromatic nitrogens is 1. The molecule has 136 valence electrons. The Kier molecular flexibility index (Phi) is 5.12. The van der Waals surface area contributed by atoms with E-state index in [1.54, 1.807) is 17.3 Å². The molecule has 0 aliphatic carbocycles. The number of halogens is 2. The molecule has 2 atom stereocenters. The molecule has 0 spiro atoms. The summed E-state index contributed by atoms with van der Waals surface area (Å²) in [5.74, 6) is -0.117. The summed E-state index contributed by atoms with van der Waals surface area (Å²) in [5.41, 5.74) is 2.60. The Labute approximate surface area is 167 Å². The standard InChI is InChI=1S/C21H16Cl2N2O2/c22-16-7-3-14(4-8-16)20-21(15-5-9-17(23)10-6-15)27-13-19(26)25(20)18-2-1-11-24-12-18/h1-12,20-21H,13H2/t20-,21+/m1/s1. The summed E-state index contributed by atoms with van der Waals surface area (Å²) < 4.78 is 5.98. The lowest BCUT2D eigenvalue weighted by molar-refractivity contribution is -0.132. The minimum absolute atomic E-state index is 0.00766. The number of carbonyl (C=O) groups is 1. The Morgan fingerprint density at radius 1 is 0.926 bits per heavy atom. The van der Waals surface area contributed by atoms with Crippen LogP contribution < -0.4 is 4.90 Å². The maximum absolute atomic E-state index is 12.8. The molecular weight excluding hydrogens is 383 g/mol. The Bertz CT molecular complexity index is 931. The van der Waals surface area contributed by atoms with E-state index in [1.807, 2.05) is 60.7 Å². The third-order valence-corrected chi connectivity index (χ3v) is 5.06. The minimum atomic E-state index is -0.353. The highest BCUT2D eigenvalue weighted by atomic mass is 35.5. The monoisotopic (exact) mass is 398 g/mol. The van der Waals surface area contributed by atoms with E-state index in [2.05, 4.69) is 4.98 Å². The number of rotatable bonds is 3. The molecular formula is C21H16Cl2N2O2. The molecule has 6 heteroatoms. The van der Waals surface area contributed by atoms with Gasteiger partial charge in [0.25, 0.3) is 5.91 Å². The zero-order valence-corrected chi connectivity index (χ0v) is 15.8. The van der Waals surface area contributed by atoms with Crippen LogP contribution in [0.2, 0.25) is 10.0 Å². The Hall–Kier alpha value is -2.40. The number of pyridine rings is 1. The molecule has 1 aromatic heterocycles. The van der Waals surface area contributed by atoms with Crippen LogP contribution in [0.4, 0.5) is 5.69 Å². The van der Waals surface area contributed by atoms with E-state index in [1.165, 1.54) is 0 Å². The molecule has 4 nitrogen and oxygen atoms in total. The highest BCUT2D eigenvalue weighted by Crippen LogP contribution is 2.42. The first kappa shape index (κ1) is 18.0. The fourth-order valence-electron chi connectivity index (χ4n) is 3.33. The van der Waals surface area contributed by atoms with Gasteiger partial charge in [0.2, 0.25) is 0 Å². The third kappa shape index (κ3) is 3.69. The second kappa shape index (κ2) is 7.69. The van der Waals surface area contributed by atoms with Crippen LogP contribution in [0, 0.1) is 0 Å². The van der Waals surface area contributed by atoms with E-state index in [0.29, 0.717) is 10.0 Å². The largest absolute Gasteiger partial charge is 0.361 e. The van der Waals surface area contributed by atoms with Gasteiger partial charge in [-0.15, -0.1) is 0 Å². The number of carbonyl (C=O) groups excluding carboxylic acids is 1. The summed E-state index contributed by atoms with van der Waals surface area (Å²) in [7, 11) is 0. The Morgan fingerprint density at radius 2 is 1.56 bits per heavy atom. The van der Waals surface area contributed by atoms with Crippen LogP contribution in [0.25, 0.3) is 0 Å². The first-order chi connectivity index (χ1) is 13.1. The van der Waals surface area contributed by atoms with Gasteiger partial charge in [-0.25, -0.2) is 0 Å². The van der Waals surface area contributed by atoms with Gasteiger partial charge in [-0.05, 0) is 47.5 Å². The molecule has 0 radical (unpaired) electrons. The molecule has 1 saturated heterocycles. The number of benzene rings is 2. The number of amides is 1. The van der Waals surface area contributed by atoms with Gasteiger partial charge in [0, 0.05) is 16.2 Å². The number of nitrogens with zero attached hydrogens (tertiary/aromatic N) is 2. The van der Waals surface area contributed by atoms with Gasteiger partial charge in [0.05, 0.1) is 17.9 Å². The molecule has 1 aliphatic rings. The van der Waals surface area contributed by atoms with Crippen LogP contribution in [0.15, 0.2) is 73.1 Å². The smallest absolute Gasteiger partial charge is 0.253 e. The van der Waals surface area contributed by atoms with E-state index in [0.717, 1.165) is 16.8 Å². The molecule has 0 N–H and O–H groups in total. The van der Waals surface area contributed by atoms with Crippen molar-refractivity contribution in [3.8, 4) is 0 Å². The summed E-state index contributed by atoms with van der Waals surface area (Å²) in [4.78, 5) is 18.7. The van der Waals surface area contributed by atoms with Gasteiger partial charge in [-0.2, -0.15) is 0 Å². The predicted octanol–water partition coefficient (Wildman–Crippen LogP) is 5.23. The van der Waals surface area contributed by atoms with Gasteiger partial charge in [0.1, 0.15) is 12.7 Å². The topological polar surface area (TPSA) is 42.4 Å². The van der Waals surface area contributed by atoms with Crippen molar-refractivity contribution in [2.45, 2.75) is 12.1 Å². The van der Waals surface area contributed by atoms with E-state index >= 15 is 0 Å². The van der Waals surface area contributed by atoms with Crippen LogP contribution in [0.3, 0.4) is 0 Å². The van der Waals surface area contributed by atoms with Crippen molar-refractivity contribution in [3.05, 3.63) is 94.2 Å². The van der Waals surface area contributed by atoms with E-state index in [-0.39, 0.29) is 24.7 Å². The lowest BCUT2D eigenvalue weighted by Crippen LogP contribution is -2.46. The lowest BCUT2D eigenvalue weighted by Gasteiger charge is -2.41. The summed E-state index contributed by atoms with van der Waals surface area (Å²) in [6.45, 7) is -0.00766. The van der Waals surface area contributed by atoms with Crippen LogP contribution in [-0.4, -0.2) is 17.5 Å². The predicted molar refractivity (Wildman–Crippen MR) is 106 cm³/mol. The van der Waals surface area contributed by atoms with Gasteiger partial charge >= 0.3 is 0 Å². The van der Waals surface area contributed by atoms with E-state index < -0.39 is 0 Å². The molecule has 0 saturated carbocycles. The molecule has 1 aliphatic heterocycles. The fraction of sp³-hybridized carbons (Fsp3) is 0.143. The van der Waals surface area contributed by atoms with Crippen molar-refractivity contribution in [1.29, 1.82) is 0 Å². The SMILES string of the molecule is O=C1CO[C@@H](c2ccc(Cl)cc2)[C@@H](c2ccc(Cl)cc2)N1c1cccnc1. The second-order valence-electron chi connectivity index (χ2n) is 6.25. The average molecular weight is 399 g/mol. The van der Waals surface area contributed by atoms with Crippen molar-refractivity contribution in [1.82, 2.24) is 4.98 Å². The number of anilines is 1. The van der Waals surface area contributed by atoms with E-state index in [9.17, 15) is 4.79 Å². The summed E-state index contributed by atoms with van der Waals surface area (Å²) in [5, 5.41) is 1.29. The maximum Gasteiger partial charge on any atom is 0.253 e. The number of morpholine rings is 1. The van der Waals surface area contributed by atoms with Gasteiger partial charge < -0.3 is 4.74 Å². The second-order valence-corrected chi connectivity index (χ2v) is 7.13. The molecule has 0 bridgehead atoms. The molecule has 1 amide bonds. The first-order valence-electron chi connectivity index (χ1n) is 8.48. The summed E-state index contributed by atoms with van der Waals surface area (Å²) >= 11 is 12.1. The van der Waals surface area contributed by atoms with Gasteiger partial charge in [0.15, 0.2) is 0 Å². The molecule has 4 rings (SSSR count). The first-order valence-corrected chi connectivity index (χ1v) is 9.24. The van der Waals surface area contributed by atoms with Crippen molar-refractivity contribution in [2.24, 2.45) is 0 Å². The van der Waals surface area contributed by atoms with Crippen molar-refractivity contribution < 1.29 is 9.53 Å². The maximum atomic E-state index is 12.8. The van der Waals surface area contributed by atoms with Crippen LogP contribution in [0.5, 0.6) is 0 Å². The van der Waals surface area contributed by atoms with Crippen LogP contribution in [0.1, 0.15) is 23.3 Å². The van der Waals surface area contributed by atoms with Crippen LogP contribution >= 0.6 is 23.2 Å². The van der Waals surface area contributed by atoms with Crippen molar-refractivity contribution in [3.63, 3.8) is 0 Å².